The number of nitrogens with one attached hydrogen (secondary N) is 1. The van der Waals surface area contributed by atoms with Crippen molar-refractivity contribution in [1.82, 2.24) is 9.88 Å². The lowest BCUT2D eigenvalue weighted by atomic mass is 10.2. The molecule has 1 fully saturated rings. The minimum absolute atomic E-state index is 0.118. The summed E-state index contributed by atoms with van der Waals surface area (Å²) < 4.78 is 5.84. The Morgan fingerprint density at radius 1 is 1.30 bits per heavy atom. The standard InChI is InChI=1S/C18H20N4O/c19-10-16-11-20-7-6-18(16)21-12-17-14-22(8-9-23-17)13-15-4-2-1-3-5-15/h1-7,11,17H,8-9,12-14H2,(H,20,21). The average Bonchev–Trinajstić information content (AvgIpc) is 2.61. The van der Waals surface area contributed by atoms with Crippen LogP contribution in [0.15, 0.2) is 48.8 Å². The van der Waals surface area contributed by atoms with Crippen LogP contribution in [-0.2, 0) is 11.3 Å². The largest absolute Gasteiger partial charge is 0.381 e. The minimum atomic E-state index is 0.118. The maximum atomic E-state index is 9.09. The van der Waals surface area contributed by atoms with Gasteiger partial charge in [-0.15, -0.1) is 0 Å². The molecule has 23 heavy (non-hydrogen) atoms. The highest BCUT2D eigenvalue weighted by atomic mass is 16.5. The number of rotatable bonds is 5. The molecule has 1 unspecified atom stereocenters. The van der Waals surface area contributed by atoms with Crippen LogP contribution in [0.2, 0.25) is 0 Å². The number of benzene rings is 1. The molecule has 1 aliphatic heterocycles. The molecule has 0 bridgehead atoms. The van der Waals surface area contributed by atoms with E-state index in [1.165, 1.54) is 5.56 Å². The summed E-state index contributed by atoms with van der Waals surface area (Å²) in [5.41, 5.74) is 2.69. The maximum Gasteiger partial charge on any atom is 0.103 e. The molecular formula is C18H20N4O. The molecule has 0 amide bonds. The third kappa shape index (κ3) is 4.28. The van der Waals surface area contributed by atoms with Gasteiger partial charge in [0.2, 0.25) is 0 Å². The van der Waals surface area contributed by atoms with Crippen LogP contribution in [0.1, 0.15) is 11.1 Å². The van der Waals surface area contributed by atoms with Crippen molar-refractivity contribution in [3.8, 4) is 6.07 Å². The van der Waals surface area contributed by atoms with Gasteiger partial charge in [0.25, 0.3) is 0 Å². The quantitative estimate of drug-likeness (QED) is 0.918. The summed E-state index contributed by atoms with van der Waals surface area (Å²) in [6, 6.07) is 14.5. The van der Waals surface area contributed by atoms with Gasteiger partial charge in [-0.05, 0) is 11.6 Å². The molecule has 0 aliphatic carbocycles. The topological polar surface area (TPSA) is 61.2 Å². The maximum absolute atomic E-state index is 9.09. The third-order valence-corrected chi connectivity index (χ3v) is 3.93. The van der Waals surface area contributed by atoms with E-state index in [1.807, 2.05) is 12.1 Å². The van der Waals surface area contributed by atoms with E-state index in [2.05, 4.69) is 45.5 Å². The summed E-state index contributed by atoms with van der Waals surface area (Å²) >= 11 is 0. The summed E-state index contributed by atoms with van der Waals surface area (Å²) in [5.74, 6) is 0. The zero-order chi connectivity index (χ0) is 15.9. The Morgan fingerprint density at radius 3 is 3.00 bits per heavy atom. The molecule has 1 aromatic heterocycles. The summed E-state index contributed by atoms with van der Waals surface area (Å²) in [7, 11) is 0. The fourth-order valence-electron chi connectivity index (χ4n) is 2.75. The van der Waals surface area contributed by atoms with Gasteiger partial charge in [0.1, 0.15) is 6.07 Å². The number of hydrogen-bond acceptors (Lipinski definition) is 5. The second-order valence-corrected chi connectivity index (χ2v) is 5.63. The van der Waals surface area contributed by atoms with E-state index < -0.39 is 0 Å². The highest BCUT2D eigenvalue weighted by Crippen LogP contribution is 2.14. The first-order chi connectivity index (χ1) is 11.3. The SMILES string of the molecule is N#Cc1cnccc1NCC1CN(Cc2ccccc2)CCO1. The normalized spacial score (nSPS) is 18.3. The second kappa shape index (κ2) is 7.73. The molecule has 1 saturated heterocycles. The molecular weight excluding hydrogens is 288 g/mol. The molecule has 0 saturated carbocycles. The fourth-order valence-corrected chi connectivity index (χ4v) is 2.75. The van der Waals surface area contributed by atoms with Crippen molar-refractivity contribution in [3.63, 3.8) is 0 Å². The lowest BCUT2D eigenvalue weighted by molar-refractivity contribution is -0.0240. The smallest absolute Gasteiger partial charge is 0.103 e. The van der Waals surface area contributed by atoms with E-state index in [0.717, 1.165) is 31.9 Å². The zero-order valence-electron chi connectivity index (χ0n) is 13.0. The van der Waals surface area contributed by atoms with E-state index in [-0.39, 0.29) is 6.10 Å². The molecule has 1 N–H and O–H groups in total. The van der Waals surface area contributed by atoms with E-state index in [1.54, 1.807) is 12.4 Å². The van der Waals surface area contributed by atoms with Gasteiger partial charge >= 0.3 is 0 Å². The predicted molar refractivity (Wildman–Crippen MR) is 88.9 cm³/mol. The zero-order valence-corrected chi connectivity index (χ0v) is 13.0. The van der Waals surface area contributed by atoms with Crippen LogP contribution in [0, 0.1) is 11.3 Å². The molecule has 1 aromatic carbocycles. The summed E-state index contributed by atoms with van der Waals surface area (Å²) in [6.07, 6.45) is 3.38. The first kappa shape index (κ1) is 15.5. The van der Waals surface area contributed by atoms with Crippen molar-refractivity contribution in [2.24, 2.45) is 0 Å². The molecule has 2 heterocycles. The highest BCUT2D eigenvalue weighted by molar-refractivity contribution is 5.55. The lowest BCUT2D eigenvalue weighted by Crippen LogP contribution is -2.44. The second-order valence-electron chi connectivity index (χ2n) is 5.63. The van der Waals surface area contributed by atoms with Crippen molar-refractivity contribution >= 4 is 5.69 Å². The van der Waals surface area contributed by atoms with Crippen molar-refractivity contribution in [2.45, 2.75) is 12.6 Å². The van der Waals surface area contributed by atoms with E-state index in [9.17, 15) is 0 Å². The van der Waals surface area contributed by atoms with Crippen LogP contribution in [0.4, 0.5) is 5.69 Å². The van der Waals surface area contributed by atoms with Gasteiger partial charge in [-0.2, -0.15) is 5.26 Å². The van der Waals surface area contributed by atoms with Gasteiger partial charge in [-0.25, -0.2) is 0 Å². The first-order valence-electron chi connectivity index (χ1n) is 7.81. The van der Waals surface area contributed by atoms with E-state index in [0.29, 0.717) is 12.1 Å². The molecule has 5 nitrogen and oxygen atoms in total. The van der Waals surface area contributed by atoms with Crippen molar-refractivity contribution in [1.29, 1.82) is 5.26 Å². The summed E-state index contributed by atoms with van der Waals surface area (Å²) in [5, 5.41) is 12.4. The minimum Gasteiger partial charge on any atom is -0.381 e. The highest BCUT2D eigenvalue weighted by Gasteiger charge is 2.20. The number of anilines is 1. The molecule has 0 radical (unpaired) electrons. The van der Waals surface area contributed by atoms with E-state index in [4.69, 9.17) is 10.00 Å². The van der Waals surface area contributed by atoms with Gasteiger partial charge in [-0.3, -0.25) is 9.88 Å². The lowest BCUT2D eigenvalue weighted by Gasteiger charge is -2.33. The van der Waals surface area contributed by atoms with Crippen molar-refractivity contribution in [3.05, 3.63) is 59.9 Å². The Balaban J connectivity index is 1.54. The van der Waals surface area contributed by atoms with Crippen LogP contribution in [0.3, 0.4) is 0 Å². The molecule has 118 valence electrons. The fraction of sp³-hybridized carbons (Fsp3) is 0.333. The van der Waals surface area contributed by atoms with Crippen LogP contribution >= 0.6 is 0 Å². The van der Waals surface area contributed by atoms with Crippen LogP contribution in [0.5, 0.6) is 0 Å². The van der Waals surface area contributed by atoms with Crippen LogP contribution in [0.25, 0.3) is 0 Å². The van der Waals surface area contributed by atoms with Gasteiger partial charge in [-0.1, -0.05) is 30.3 Å². The first-order valence-corrected chi connectivity index (χ1v) is 7.81. The summed E-state index contributed by atoms with van der Waals surface area (Å²) in [4.78, 5) is 6.37. The number of ether oxygens (including phenoxy) is 1. The monoisotopic (exact) mass is 308 g/mol. The summed E-state index contributed by atoms with van der Waals surface area (Å²) in [6.45, 7) is 4.20. The Morgan fingerprint density at radius 2 is 2.17 bits per heavy atom. The molecule has 1 atom stereocenters. The van der Waals surface area contributed by atoms with Crippen molar-refractivity contribution < 1.29 is 4.74 Å². The predicted octanol–water partition coefficient (Wildman–Crippen LogP) is 2.27. The van der Waals surface area contributed by atoms with Gasteiger partial charge < -0.3 is 10.1 Å². The number of morpholine rings is 1. The van der Waals surface area contributed by atoms with Crippen LogP contribution in [-0.4, -0.2) is 42.2 Å². The number of pyridine rings is 1. The van der Waals surface area contributed by atoms with Crippen molar-refractivity contribution in [2.75, 3.05) is 31.6 Å². The molecule has 2 aromatic rings. The number of nitrogens with zero attached hydrogens (tertiary/aromatic N) is 3. The number of nitriles is 1. The van der Waals surface area contributed by atoms with Crippen LogP contribution < -0.4 is 5.32 Å². The molecule has 5 heteroatoms. The Hall–Kier alpha value is -2.42. The average molecular weight is 308 g/mol. The third-order valence-electron chi connectivity index (χ3n) is 3.93. The Kier molecular flexibility index (Phi) is 5.20. The Bertz CT molecular complexity index is 668. The van der Waals surface area contributed by atoms with E-state index >= 15 is 0 Å². The molecule has 0 spiro atoms. The number of hydrogen-bond donors (Lipinski definition) is 1. The van der Waals surface area contributed by atoms with Gasteiger partial charge in [0, 0.05) is 38.6 Å². The molecule has 3 rings (SSSR count). The van der Waals surface area contributed by atoms with Gasteiger partial charge in [0.05, 0.1) is 24.0 Å². The number of aromatic nitrogens is 1. The van der Waals surface area contributed by atoms with Gasteiger partial charge in [0.15, 0.2) is 0 Å². The Labute approximate surface area is 136 Å². The molecule has 1 aliphatic rings.